The minimum absolute atomic E-state index is 0.669. The average molecular weight is 244 g/mol. The molecule has 16 heavy (non-hydrogen) atoms. The molecule has 0 unspecified atom stereocenters. The fraction of sp³-hybridized carbons (Fsp3) is 0.727. The number of aromatic amines is 1. The second-order valence-electron chi connectivity index (χ2n) is 3.70. The topological polar surface area (TPSA) is 39.2 Å². The molecule has 0 aliphatic heterocycles. The standard InChI is InChI=1S/C11H20N2O2S/c1-10-9-12-11(16)13(10)5-3-4-6-15-8-7-14-2/h9H,3-8H2,1-2H3,(H,12,16). The van der Waals surface area contributed by atoms with Gasteiger partial charge < -0.3 is 19.0 Å². The Morgan fingerprint density at radius 1 is 1.31 bits per heavy atom. The molecule has 1 aromatic heterocycles. The van der Waals surface area contributed by atoms with Gasteiger partial charge in [-0.1, -0.05) is 0 Å². The third kappa shape index (κ3) is 4.47. The quantitative estimate of drug-likeness (QED) is 0.563. The number of nitrogens with zero attached hydrogens (tertiary/aromatic N) is 1. The van der Waals surface area contributed by atoms with Crippen LogP contribution < -0.4 is 0 Å². The molecule has 0 saturated carbocycles. The van der Waals surface area contributed by atoms with E-state index in [4.69, 9.17) is 21.7 Å². The number of rotatable bonds is 8. The molecule has 0 radical (unpaired) electrons. The smallest absolute Gasteiger partial charge is 0.177 e. The van der Waals surface area contributed by atoms with E-state index in [2.05, 4.69) is 16.5 Å². The van der Waals surface area contributed by atoms with Gasteiger partial charge in [-0.15, -0.1) is 0 Å². The van der Waals surface area contributed by atoms with E-state index in [1.165, 1.54) is 5.69 Å². The summed E-state index contributed by atoms with van der Waals surface area (Å²) in [7, 11) is 1.68. The number of hydrogen-bond acceptors (Lipinski definition) is 3. The van der Waals surface area contributed by atoms with Crippen LogP contribution in [0, 0.1) is 11.7 Å². The molecule has 0 atom stereocenters. The normalized spacial score (nSPS) is 10.9. The number of aryl methyl sites for hydroxylation is 1. The van der Waals surface area contributed by atoms with Crippen LogP contribution >= 0.6 is 12.2 Å². The van der Waals surface area contributed by atoms with Crippen LogP contribution in [0.5, 0.6) is 0 Å². The van der Waals surface area contributed by atoms with E-state index in [-0.39, 0.29) is 0 Å². The van der Waals surface area contributed by atoms with Gasteiger partial charge in [0.1, 0.15) is 0 Å². The Morgan fingerprint density at radius 3 is 2.75 bits per heavy atom. The van der Waals surface area contributed by atoms with E-state index in [0.29, 0.717) is 13.2 Å². The Kier molecular flexibility index (Phi) is 6.37. The largest absolute Gasteiger partial charge is 0.382 e. The highest BCUT2D eigenvalue weighted by molar-refractivity contribution is 7.71. The maximum absolute atomic E-state index is 5.39. The first-order valence-electron chi connectivity index (χ1n) is 5.57. The van der Waals surface area contributed by atoms with Crippen molar-refractivity contribution in [2.75, 3.05) is 26.9 Å². The predicted octanol–water partition coefficient (Wildman–Crippen LogP) is 2.30. The molecule has 4 nitrogen and oxygen atoms in total. The highest BCUT2D eigenvalue weighted by Crippen LogP contribution is 2.03. The molecule has 1 aromatic rings. The summed E-state index contributed by atoms with van der Waals surface area (Å²) in [6, 6.07) is 0. The summed E-state index contributed by atoms with van der Waals surface area (Å²) in [6.45, 7) is 5.16. The monoisotopic (exact) mass is 244 g/mol. The van der Waals surface area contributed by atoms with Crippen molar-refractivity contribution < 1.29 is 9.47 Å². The summed E-state index contributed by atoms with van der Waals surface area (Å²) in [6.07, 6.45) is 4.08. The number of aromatic nitrogens is 2. The van der Waals surface area contributed by atoms with Crippen LogP contribution in [-0.2, 0) is 16.0 Å². The second kappa shape index (κ2) is 7.60. The Bertz CT molecular complexity index is 346. The van der Waals surface area contributed by atoms with Gasteiger partial charge in [-0.05, 0) is 32.0 Å². The first-order chi connectivity index (χ1) is 7.75. The number of imidazole rings is 1. The molecule has 0 bridgehead atoms. The van der Waals surface area contributed by atoms with Crippen LogP contribution in [-0.4, -0.2) is 36.5 Å². The third-order valence-electron chi connectivity index (χ3n) is 2.43. The number of unbranched alkanes of at least 4 members (excludes halogenated alkanes) is 1. The van der Waals surface area contributed by atoms with Gasteiger partial charge >= 0.3 is 0 Å². The molecule has 0 aliphatic rings. The predicted molar refractivity (Wildman–Crippen MR) is 66.3 cm³/mol. The molecule has 1 heterocycles. The number of hydrogen-bond donors (Lipinski definition) is 1. The van der Waals surface area contributed by atoms with Crippen LogP contribution in [0.4, 0.5) is 0 Å². The highest BCUT2D eigenvalue weighted by Gasteiger charge is 1.98. The van der Waals surface area contributed by atoms with Crippen LogP contribution in [0.25, 0.3) is 0 Å². The van der Waals surface area contributed by atoms with Gasteiger partial charge in [-0.25, -0.2) is 0 Å². The van der Waals surface area contributed by atoms with Crippen molar-refractivity contribution in [3.05, 3.63) is 16.7 Å². The summed E-state index contributed by atoms with van der Waals surface area (Å²) in [5, 5.41) is 0. The van der Waals surface area contributed by atoms with E-state index in [0.717, 1.165) is 30.8 Å². The molecule has 5 heteroatoms. The summed E-state index contributed by atoms with van der Waals surface area (Å²) in [5.74, 6) is 0. The first kappa shape index (κ1) is 13.4. The fourth-order valence-electron chi connectivity index (χ4n) is 1.48. The number of ether oxygens (including phenoxy) is 2. The van der Waals surface area contributed by atoms with Crippen molar-refractivity contribution >= 4 is 12.2 Å². The van der Waals surface area contributed by atoms with Crippen LogP contribution in [0.1, 0.15) is 18.5 Å². The lowest BCUT2D eigenvalue weighted by molar-refractivity contribution is 0.0684. The van der Waals surface area contributed by atoms with Crippen molar-refractivity contribution in [2.45, 2.75) is 26.3 Å². The molecule has 0 aromatic carbocycles. The lowest BCUT2D eigenvalue weighted by Crippen LogP contribution is -2.05. The average Bonchev–Trinajstić information content (AvgIpc) is 2.59. The van der Waals surface area contributed by atoms with Crippen molar-refractivity contribution in [2.24, 2.45) is 0 Å². The van der Waals surface area contributed by atoms with Crippen LogP contribution in [0.15, 0.2) is 6.20 Å². The van der Waals surface area contributed by atoms with Crippen molar-refractivity contribution in [1.29, 1.82) is 0 Å². The number of H-pyrrole nitrogens is 1. The third-order valence-corrected chi connectivity index (χ3v) is 2.77. The summed E-state index contributed by atoms with van der Waals surface area (Å²) in [4.78, 5) is 3.04. The molecule has 0 fully saturated rings. The zero-order valence-electron chi connectivity index (χ0n) is 9.99. The SMILES string of the molecule is COCCOCCCCn1c(C)c[nH]c1=S. The first-order valence-corrected chi connectivity index (χ1v) is 5.98. The molecule has 0 aliphatic carbocycles. The van der Waals surface area contributed by atoms with Crippen LogP contribution in [0.2, 0.25) is 0 Å². The van der Waals surface area contributed by atoms with E-state index >= 15 is 0 Å². The zero-order valence-corrected chi connectivity index (χ0v) is 10.8. The van der Waals surface area contributed by atoms with E-state index < -0.39 is 0 Å². The lowest BCUT2D eigenvalue weighted by Gasteiger charge is -2.06. The number of methoxy groups -OCH3 is 1. The van der Waals surface area contributed by atoms with Crippen molar-refractivity contribution in [1.82, 2.24) is 9.55 Å². The van der Waals surface area contributed by atoms with Gasteiger partial charge in [0.15, 0.2) is 4.77 Å². The van der Waals surface area contributed by atoms with E-state index in [9.17, 15) is 0 Å². The molecule has 0 saturated heterocycles. The van der Waals surface area contributed by atoms with Gasteiger partial charge in [-0.3, -0.25) is 0 Å². The maximum Gasteiger partial charge on any atom is 0.177 e. The van der Waals surface area contributed by atoms with Crippen molar-refractivity contribution in [3.8, 4) is 0 Å². The van der Waals surface area contributed by atoms with Gasteiger partial charge in [0.25, 0.3) is 0 Å². The zero-order chi connectivity index (χ0) is 11.8. The Hall–Kier alpha value is -0.650. The summed E-state index contributed by atoms with van der Waals surface area (Å²) in [5.41, 5.74) is 1.19. The minimum Gasteiger partial charge on any atom is -0.382 e. The molecule has 92 valence electrons. The summed E-state index contributed by atoms with van der Waals surface area (Å²) >= 11 is 5.17. The van der Waals surface area contributed by atoms with Crippen molar-refractivity contribution in [3.63, 3.8) is 0 Å². The molecule has 0 spiro atoms. The lowest BCUT2D eigenvalue weighted by atomic mass is 10.3. The fourth-order valence-corrected chi connectivity index (χ4v) is 1.77. The van der Waals surface area contributed by atoms with Crippen LogP contribution in [0.3, 0.4) is 0 Å². The Labute approximate surface area is 102 Å². The molecular weight excluding hydrogens is 224 g/mol. The van der Waals surface area contributed by atoms with Gasteiger partial charge in [-0.2, -0.15) is 0 Å². The minimum atomic E-state index is 0.669. The van der Waals surface area contributed by atoms with Gasteiger partial charge in [0.05, 0.1) is 13.2 Å². The molecular formula is C11H20N2O2S. The van der Waals surface area contributed by atoms with E-state index in [1.54, 1.807) is 7.11 Å². The second-order valence-corrected chi connectivity index (χ2v) is 4.09. The molecule has 0 amide bonds. The van der Waals surface area contributed by atoms with E-state index in [1.807, 2.05) is 6.20 Å². The van der Waals surface area contributed by atoms with Gasteiger partial charge in [0, 0.05) is 32.2 Å². The molecule has 1 rings (SSSR count). The highest BCUT2D eigenvalue weighted by atomic mass is 32.1. The molecule has 1 N–H and O–H groups in total. The Morgan fingerprint density at radius 2 is 2.12 bits per heavy atom. The number of nitrogens with one attached hydrogen (secondary N) is 1. The maximum atomic E-state index is 5.39. The Balaban J connectivity index is 2.10. The van der Waals surface area contributed by atoms with Gasteiger partial charge in [0.2, 0.25) is 0 Å². The summed E-state index contributed by atoms with van der Waals surface area (Å²) < 4.78 is 13.2.